The van der Waals surface area contributed by atoms with Crippen LogP contribution in [0.2, 0.25) is 0 Å². The van der Waals surface area contributed by atoms with E-state index in [9.17, 15) is 9.59 Å². The fourth-order valence-electron chi connectivity index (χ4n) is 3.99. The minimum absolute atomic E-state index is 0.104. The van der Waals surface area contributed by atoms with Crippen LogP contribution in [0, 0.1) is 6.92 Å². The number of ether oxygens (including phenoxy) is 1. The first-order chi connectivity index (χ1) is 16.8. The number of aryl methyl sites for hydroxylation is 1. The number of carbonyl (C=O) groups excluding carboxylic acids is 1. The topological polar surface area (TPSA) is 72.4 Å². The van der Waals surface area contributed by atoms with Gasteiger partial charge in [-0.25, -0.2) is 0 Å². The number of pyridine rings is 1. The zero-order valence-electron chi connectivity index (χ0n) is 20.6. The summed E-state index contributed by atoms with van der Waals surface area (Å²) in [6.45, 7) is 6.53. The normalized spacial score (nSPS) is 11.0. The van der Waals surface area contributed by atoms with E-state index in [0.717, 1.165) is 11.1 Å². The van der Waals surface area contributed by atoms with Crippen LogP contribution in [0.4, 0.5) is 11.4 Å². The van der Waals surface area contributed by atoms with Crippen LogP contribution in [0.3, 0.4) is 0 Å². The second-order valence-corrected chi connectivity index (χ2v) is 9.03. The quantitative estimate of drug-likeness (QED) is 0.348. The Kier molecular flexibility index (Phi) is 7.20. The standard InChI is InChI=1S/C29H31N3O3/c1-19(2)21-7-12-25(13-8-21)31-28(33)18-32-27-16-26(35-4)14-9-22(27)15-23(29(32)34)17-30-24-10-5-20(3)6-11-24/h5-16,19,30H,17-18H2,1-4H3,(H,31,33). The third kappa shape index (κ3) is 5.72. The number of methoxy groups -OCH3 is 1. The maximum absolute atomic E-state index is 13.5. The molecule has 0 unspecified atom stereocenters. The Labute approximate surface area is 205 Å². The van der Waals surface area contributed by atoms with Crippen LogP contribution in [0.15, 0.2) is 77.6 Å². The molecule has 4 aromatic rings. The summed E-state index contributed by atoms with van der Waals surface area (Å²) in [5, 5.41) is 7.09. The third-order valence-electron chi connectivity index (χ3n) is 6.08. The van der Waals surface area contributed by atoms with E-state index in [1.54, 1.807) is 13.2 Å². The second-order valence-electron chi connectivity index (χ2n) is 9.03. The van der Waals surface area contributed by atoms with Crippen molar-refractivity contribution in [2.24, 2.45) is 0 Å². The van der Waals surface area contributed by atoms with E-state index in [-0.39, 0.29) is 18.0 Å². The van der Waals surface area contributed by atoms with Crippen LogP contribution in [-0.2, 0) is 17.9 Å². The Hall–Kier alpha value is -4.06. The minimum Gasteiger partial charge on any atom is -0.497 e. The van der Waals surface area contributed by atoms with Crippen LogP contribution < -0.4 is 20.9 Å². The van der Waals surface area contributed by atoms with Gasteiger partial charge in [-0.1, -0.05) is 43.7 Å². The molecule has 1 amide bonds. The fraction of sp³-hybridized carbons (Fsp3) is 0.241. The van der Waals surface area contributed by atoms with E-state index < -0.39 is 0 Å². The second kappa shape index (κ2) is 10.5. The summed E-state index contributed by atoms with van der Waals surface area (Å²) >= 11 is 0. The zero-order chi connectivity index (χ0) is 24.9. The summed E-state index contributed by atoms with van der Waals surface area (Å²) in [5.41, 5.74) is 5.02. The molecule has 0 aliphatic carbocycles. The van der Waals surface area contributed by atoms with Crippen molar-refractivity contribution in [3.8, 4) is 5.75 Å². The van der Waals surface area contributed by atoms with Gasteiger partial charge in [0.1, 0.15) is 12.3 Å². The van der Waals surface area contributed by atoms with Crippen molar-refractivity contribution < 1.29 is 9.53 Å². The van der Waals surface area contributed by atoms with Crippen LogP contribution >= 0.6 is 0 Å². The summed E-state index contributed by atoms with van der Waals surface area (Å²) in [7, 11) is 1.58. The molecule has 0 saturated carbocycles. The summed E-state index contributed by atoms with van der Waals surface area (Å²) in [6.07, 6.45) is 0. The fourth-order valence-corrected chi connectivity index (χ4v) is 3.99. The maximum Gasteiger partial charge on any atom is 0.256 e. The molecule has 0 atom stereocenters. The van der Waals surface area contributed by atoms with Gasteiger partial charge in [0.2, 0.25) is 5.91 Å². The highest BCUT2D eigenvalue weighted by atomic mass is 16.5. The van der Waals surface area contributed by atoms with Gasteiger partial charge in [-0.3, -0.25) is 14.2 Å². The van der Waals surface area contributed by atoms with Gasteiger partial charge in [0.15, 0.2) is 0 Å². The number of nitrogens with zero attached hydrogens (tertiary/aromatic N) is 1. The molecule has 0 radical (unpaired) electrons. The van der Waals surface area contributed by atoms with Gasteiger partial charge in [0.05, 0.1) is 12.6 Å². The molecule has 0 fully saturated rings. The molecular weight excluding hydrogens is 438 g/mol. The van der Waals surface area contributed by atoms with E-state index >= 15 is 0 Å². The molecule has 1 aromatic heterocycles. The molecule has 0 aliphatic heterocycles. The average Bonchev–Trinajstić information content (AvgIpc) is 2.85. The van der Waals surface area contributed by atoms with Gasteiger partial charge in [-0.15, -0.1) is 0 Å². The number of carbonyl (C=O) groups is 1. The molecule has 4 rings (SSSR count). The highest BCUT2D eigenvalue weighted by Gasteiger charge is 2.14. The van der Waals surface area contributed by atoms with Crippen LogP contribution in [0.5, 0.6) is 5.75 Å². The highest BCUT2D eigenvalue weighted by molar-refractivity contribution is 5.92. The van der Waals surface area contributed by atoms with Crippen molar-refractivity contribution in [1.82, 2.24) is 4.57 Å². The number of anilines is 2. The number of benzene rings is 3. The van der Waals surface area contributed by atoms with Crippen LogP contribution in [0.1, 0.15) is 36.5 Å². The molecule has 2 N–H and O–H groups in total. The van der Waals surface area contributed by atoms with Crippen LogP contribution in [0.25, 0.3) is 10.9 Å². The summed E-state index contributed by atoms with van der Waals surface area (Å²) < 4.78 is 6.88. The van der Waals surface area contributed by atoms with E-state index in [2.05, 4.69) is 24.5 Å². The van der Waals surface area contributed by atoms with Crippen molar-refractivity contribution >= 4 is 28.2 Å². The SMILES string of the molecule is COc1ccc2cc(CNc3ccc(C)cc3)c(=O)n(CC(=O)Nc3ccc(C(C)C)cc3)c2c1. The first-order valence-electron chi connectivity index (χ1n) is 11.7. The summed E-state index contributed by atoms with van der Waals surface area (Å²) in [4.78, 5) is 26.4. The van der Waals surface area contributed by atoms with Crippen molar-refractivity contribution in [2.45, 2.75) is 39.8 Å². The molecule has 1 heterocycles. The van der Waals surface area contributed by atoms with Crippen molar-refractivity contribution in [2.75, 3.05) is 17.7 Å². The summed E-state index contributed by atoms with van der Waals surface area (Å²) in [6, 6.07) is 23.2. The van der Waals surface area contributed by atoms with Gasteiger partial charge >= 0.3 is 0 Å². The third-order valence-corrected chi connectivity index (χ3v) is 6.08. The lowest BCUT2D eigenvalue weighted by Gasteiger charge is -2.15. The predicted octanol–water partition coefficient (Wildman–Crippen LogP) is 5.69. The van der Waals surface area contributed by atoms with E-state index in [0.29, 0.717) is 35.0 Å². The predicted molar refractivity (Wildman–Crippen MR) is 142 cm³/mol. The van der Waals surface area contributed by atoms with E-state index in [4.69, 9.17) is 4.74 Å². The first kappa shape index (κ1) is 24.1. The largest absolute Gasteiger partial charge is 0.497 e. The Morgan fingerprint density at radius 1 is 0.943 bits per heavy atom. The minimum atomic E-state index is -0.267. The van der Waals surface area contributed by atoms with Gasteiger partial charge in [-0.05, 0) is 66.3 Å². The number of nitrogens with one attached hydrogen (secondary N) is 2. The Morgan fingerprint density at radius 2 is 1.63 bits per heavy atom. The molecule has 3 aromatic carbocycles. The molecule has 0 bridgehead atoms. The van der Waals surface area contributed by atoms with Gasteiger partial charge < -0.3 is 15.4 Å². The number of hydrogen-bond acceptors (Lipinski definition) is 4. The van der Waals surface area contributed by atoms with E-state index in [1.165, 1.54) is 15.7 Å². The number of aromatic nitrogens is 1. The molecule has 6 heteroatoms. The van der Waals surface area contributed by atoms with Gasteiger partial charge in [0.25, 0.3) is 5.56 Å². The van der Waals surface area contributed by atoms with E-state index in [1.807, 2.05) is 73.7 Å². The van der Waals surface area contributed by atoms with Crippen LogP contribution in [-0.4, -0.2) is 17.6 Å². The lowest BCUT2D eigenvalue weighted by Crippen LogP contribution is -2.30. The van der Waals surface area contributed by atoms with Crippen molar-refractivity contribution in [3.05, 3.63) is 99.8 Å². The average molecular weight is 470 g/mol. The Bertz CT molecular complexity index is 1390. The Balaban J connectivity index is 1.63. The number of fused-ring (bicyclic) bond motifs is 1. The van der Waals surface area contributed by atoms with Gasteiger partial charge in [0, 0.05) is 29.5 Å². The Morgan fingerprint density at radius 3 is 2.29 bits per heavy atom. The lowest BCUT2D eigenvalue weighted by atomic mass is 10.0. The van der Waals surface area contributed by atoms with Gasteiger partial charge in [-0.2, -0.15) is 0 Å². The summed E-state index contributed by atoms with van der Waals surface area (Å²) in [5.74, 6) is 0.772. The zero-order valence-corrected chi connectivity index (χ0v) is 20.6. The molecule has 0 aliphatic rings. The monoisotopic (exact) mass is 469 g/mol. The molecule has 0 spiro atoms. The number of rotatable bonds is 8. The molecule has 35 heavy (non-hydrogen) atoms. The lowest BCUT2D eigenvalue weighted by molar-refractivity contribution is -0.116. The maximum atomic E-state index is 13.5. The first-order valence-corrected chi connectivity index (χ1v) is 11.7. The smallest absolute Gasteiger partial charge is 0.256 e. The molecule has 6 nitrogen and oxygen atoms in total. The number of amides is 1. The molecular formula is C29H31N3O3. The van der Waals surface area contributed by atoms with Crippen molar-refractivity contribution in [1.29, 1.82) is 0 Å². The van der Waals surface area contributed by atoms with Crippen molar-refractivity contribution in [3.63, 3.8) is 0 Å². The molecule has 0 saturated heterocycles. The highest BCUT2D eigenvalue weighted by Crippen LogP contribution is 2.22. The number of hydrogen-bond donors (Lipinski definition) is 2. The molecule has 180 valence electrons.